The lowest BCUT2D eigenvalue weighted by atomic mass is 10.2. The Morgan fingerprint density at radius 2 is 1.91 bits per heavy atom. The molecule has 8 nitrogen and oxygen atoms in total. The van der Waals surface area contributed by atoms with E-state index in [9.17, 15) is 18.0 Å². The molecule has 0 aliphatic rings. The molecule has 1 aromatic rings. The van der Waals surface area contributed by atoms with E-state index in [-0.39, 0.29) is 5.75 Å². The molecule has 0 aromatic heterocycles. The summed E-state index contributed by atoms with van der Waals surface area (Å²) in [5, 5.41) is 9.00. The monoisotopic (exact) mass is 330 g/mol. The van der Waals surface area contributed by atoms with Gasteiger partial charge in [0.25, 0.3) is 0 Å². The molecule has 0 fully saturated rings. The van der Waals surface area contributed by atoms with Crippen molar-refractivity contribution in [3.05, 3.63) is 35.9 Å². The van der Waals surface area contributed by atoms with Gasteiger partial charge in [-0.3, -0.25) is 9.59 Å². The molecule has 4 N–H and O–H groups in total. The summed E-state index contributed by atoms with van der Waals surface area (Å²) in [6.45, 7) is 0.738. The van der Waals surface area contributed by atoms with Crippen LogP contribution in [0.15, 0.2) is 30.3 Å². The fraction of sp³-hybridized carbons (Fsp3) is 0.385. The van der Waals surface area contributed by atoms with E-state index in [1.54, 1.807) is 30.3 Å². The topological polar surface area (TPSA) is 136 Å². The molecular formula is C13H18N2O6S. The maximum absolute atomic E-state index is 12.0. The van der Waals surface area contributed by atoms with Gasteiger partial charge in [0.2, 0.25) is 10.0 Å². The molecule has 1 aromatic carbocycles. The lowest BCUT2D eigenvalue weighted by Crippen LogP contribution is -2.45. The van der Waals surface area contributed by atoms with Crippen LogP contribution in [0, 0.1) is 0 Å². The van der Waals surface area contributed by atoms with Gasteiger partial charge in [0.15, 0.2) is 6.04 Å². The van der Waals surface area contributed by atoms with Crippen LogP contribution >= 0.6 is 0 Å². The number of aliphatic carboxylic acids is 1. The molecule has 9 heteroatoms. The molecule has 0 aliphatic carbocycles. The van der Waals surface area contributed by atoms with E-state index < -0.39 is 40.7 Å². The number of carboxylic acid groups (broad SMARTS) is 1. The number of esters is 1. The molecule has 0 unspecified atom stereocenters. The summed E-state index contributed by atoms with van der Waals surface area (Å²) in [4.78, 5) is 22.3. The van der Waals surface area contributed by atoms with Gasteiger partial charge >= 0.3 is 11.9 Å². The highest BCUT2D eigenvalue weighted by Gasteiger charge is 2.26. The quantitative estimate of drug-likeness (QED) is 0.544. The van der Waals surface area contributed by atoms with Gasteiger partial charge in [-0.15, -0.1) is 0 Å². The standard InChI is InChI=1S/C13H18N2O6S/c1-9(14)13(18)21-7-11(12(16)17)15-22(19,20)8-10-5-3-2-4-6-10/h2-6,9,11,15H,7-8,14H2,1H3,(H,16,17)/t9-,11+/m0/s1. The van der Waals surface area contributed by atoms with Crippen LogP contribution in [-0.2, 0) is 30.1 Å². The molecule has 122 valence electrons. The van der Waals surface area contributed by atoms with Gasteiger partial charge in [-0.2, -0.15) is 4.72 Å². The molecule has 1 rings (SSSR count). The molecule has 0 aliphatic heterocycles. The third-order valence-corrected chi connectivity index (χ3v) is 3.94. The van der Waals surface area contributed by atoms with Gasteiger partial charge in [0.05, 0.1) is 5.75 Å². The van der Waals surface area contributed by atoms with E-state index in [1.165, 1.54) is 6.92 Å². The first kappa shape index (κ1) is 18.1. The summed E-state index contributed by atoms with van der Waals surface area (Å²) in [7, 11) is -3.90. The van der Waals surface area contributed by atoms with Crippen molar-refractivity contribution in [1.82, 2.24) is 4.72 Å². The van der Waals surface area contributed by atoms with Crippen LogP contribution in [-0.4, -0.2) is 44.2 Å². The average Bonchev–Trinajstić information content (AvgIpc) is 2.43. The van der Waals surface area contributed by atoms with Crippen molar-refractivity contribution in [2.24, 2.45) is 5.73 Å². The summed E-state index contributed by atoms with van der Waals surface area (Å²) in [6.07, 6.45) is 0. The van der Waals surface area contributed by atoms with Gasteiger partial charge in [-0.25, -0.2) is 8.42 Å². The van der Waals surface area contributed by atoms with E-state index in [4.69, 9.17) is 10.8 Å². The number of carboxylic acids is 1. The van der Waals surface area contributed by atoms with Crippen LogP contribution in [0.1, 0.15) is 12.5 Å². The highest BCUT2D eigenvalue weighted by molar-refractivity contribution is 7.88. The van der Waals surface area contributed by atoms with E-state index in [0.29, 0.717) is 5.56 Å². The van der Waals surface area contributed by atoms with Crippen LogP contribution in [0.3, 0.4) is 0 Å². The number of rotatable bonds is 8. The van der Waals surface area contributed by atoms with E-state index >= 15 is 0 Å². The molecule has 0 heterocycles. The number of benzene rings is 1. The number of nitrogens with two attached hydrogens (primary N) is 1. The van der Waals surface area contributed by atoms with Crippen molar-refractivity contribution in [2.45, 2.75) is 24.8 Å². The van der Waals surface area contributed by atoms with Crippen molar-refractivity contribution in [2.75, 3.05) is 6.61 Å². The zero-order valence-electron chi connectivity index (χ0n) is 11.9. The zero-order valence-corrected chi connectivity index (χ0v) is 12.7. The average molecular weight is 330 g/mol. The molecule has 0 spiro atoms. The number of ether oxygens (including phenoxy) is 1. The van der Waals surface area contributed by atoms with Gasteiger partial charge in [0, 0.05) is 0 Å². The Morgan fingerprint density at radius 1 is 1.32 bits per heavy atom. The van der Waals surface area contributed by atoms with E-state index in [2.05, 4.69) is 4.74 Å². The van der Waals surface area contributed by atoms with Crippen molar-refractivity contribution in [3.8, 4) is 0 Å². The SMILES string of the molecule is C[C@H](N)C(=O)OC[C@@H](NS(=O)(=O)Cc1ccccc1)C(=O)O. The number of nitrogens with one attached hydrogen (secondary N) is 1. The Labute approximate surface area is 128 Å². The van der Waals surface area contributed by atoms with Gasteiger partial charge < -0.3 is 15.6 Å². The first-order valence-electron chi connectivity index (χ1n) is 6.40. The molecular weight excluding hydrogens is 312 g/mol. The fourth-order valence-corrected chi connectivity index (χ4v) is 2.82. The summed E-state index contributed by atoms with van der Waals surface area (Å²) < 4.78 is 30.5. The third kappa shape index (κ3) is 6.20. The highest BCUT2D eigenvalue weighted by atomic mass is 32.2. The van der Waals surface area contributed by atoms with Crippen molar-refractivity contribution in [1.29, 1.82) is 0 Å². The summed E-state index contributed by atoms with van der Waals surface area (Å²) in [6, 6.07) is 5.79. The Hall–Kier alpha value is -1.97. The Balaban J connectivity index is 2.69. The first-order valence-corrected chi connectivity index (χ1v) is 8.05. The van der Waals surface area contributed by atoms with Gasteiger partial charge in [-0.05, 0) is 12.5 Å². The van der Waals surface area contributed by atoms with Crippen molar-refractivity contribution < 1.29 is 27.9 Å². The lowest BCUT2D eigenvalue weighted by molar-refractivity contribution is -0.149. The van der Waals surface area contributed by atoms with Crippen LogP contribution in [0.4, 0.5) is 0 Å². The van der Waals surface area contributed by atoms with Gasteiger partial charge in [0.1, 0.15) is 12.6 Å². The Kier molecular flexibility index (Phi) is 6.47. The second-order valence-corrected chi connectivity index (χ2v) is 6.43. The first-order chi connectivity index (χ1) is 10.2. The van der Waals surface area contributed by atoms with Crippen LogP contribution in [0.5, 0.6) is 0 Å². The third-order valence-electron chi connectivity index (χ3n) is 2.58. The number of carbonyl (C=O) groups is 2. The van der Waals surface area contributed by atoms with E-state index in [1.807, 2.05) is 4.72 Å². The molecule has 0 bridgehead atoms. The highest BCUT2D eigenvalue weighted by Crippen LogP contribution is 2.05. The largest absolute Gasteiger partial charge is 0.480 e. The van der Waals surface area contributed by atoms with Gasteiger partial charge in [-0.1, -0.05) is 30.3 Å². The molecule has 0 amide bonds. The molecule has 2 atom stereocenters. The Bertz CT molecular complexity index is 615. The summed E-state index contributed by atoms with van der Waals surface area (Å²) >= 11 is 0. The van der Waals surface area contributed by atoms with Crippen LogP contribution in [0.25, 0.3) is 0 Å². The minimum Gasteiger partial charge on any atom is -0.480 e. The Morgan fingerprint density at radius 3 is 2.41 bits per heavy atom. The fourth-order valence-electron chi connectivity index (χ4n) is 1.50. The zero-order chi connectivity index (χ0) is 16.8. The maximum atomic E-state index is 12.0. The number of carbonyl (C=O) groups excluding carboxylic acids is 1. The second kappa shape index (κ2) is 7.87. The molecule has 0 saturated heterocycles. The van der Waals surface area contributed by atoms with Crippen LogP contribution < -0.4 is 10.5 Å². The smallest absolute Gasteiger partial charge is 0.325 e. The van der Waals surface area contributed by atoms with E-state index in [0.717, 1.165) is 0 Å². The maximum Gasteiger partial charge on any atom is 0.325 e. The normalized spacial score (nSPS) is 14.1. The minimum absolute atomic E-state index is 0.376. The minimum atomic E-state index is -3.90. The second-order valence-electron chi connectivity index (χ2n) is 4.67. The molecule has 22 heavy (non-hydrogen) atoms. The number of hydrogen-bond acceptors (Lipinski definition) is 6. The number of hydrogen-bond donors (Lipinski definition) is 3. The molecule has 0 radical (unpaired) electrons. The summed E-state index contributed by atoms with van der Waals surface area (Å²) in [5.74, 6) is -2.64. The molecule has 0 saturated carbocycles. The lowest BCUT2D eigenvalue weighted by Gasteiger charge is -2.15. The number of sulfonamides is 1. The predicted molar refractivity (Wildman–Crippen MR) is 78.2 cm³/mol. The van der Waals surface area contributed by atoms with Crippen molar-refractivity contribution >= 4 is 22.0 Å². The predicted octanol–water partition coefficient (Wildman–Crippen LogP) is -0.550. The summed E-state index contributed by atoms with van der Waals surface area (Å²) in [5.41, 5.74) is 5.77. The van der Waals surface area contributed by atoms with Crippen LogP contribution in [0.2, 0.25) is 0 Å². The van der Waals surface area contributed by atoms with Crippen molar-refractivity contribution in [3.63, 3.8) is 0 Å².